The first-order chi connectivity index (χ1) is 12.2. The van der Waals surface area contributed by atoms with Crippen LogP contribution in [0.5, 0.6) is 5.75 Å². The van der Waals surface area contributed by atoms with Crippen LogP contribution in [0.2, 0.25) is 0 Å². The third-order valence-electron chi connectivity index (χ3n) is 3.81. The van der Waals surface area contributed by atoms with Crippen molar-refractivity contribution < 1.29 is 18.3 Å². The Labute approximate surface area is 144 Å². The van der Waals surface area contributed by atoms with Crippen molar-refractivity contribution in [2.75, 3.05) is 0 Å². The van der Waals surface area contributed by atoms with Crippen LogP contribution in [0.4, 0.5) is 8.78 Å². The number of hydrogen-bond acceptors (Lipinski definition) is 2. The van der Waals surface area contributed by atoms with E-state index in [-0.39, 0.29) is 5.56 Å². The Kier molecular flexibility index (Phi) is 5.19. The Balaban J connectivity index is 1.85. The molecule has 4 heteroatoms. The van der Waals surface area contributed by atoms with E-state index in [9.17, 15) is 13.6 Å². The molecule has 0 bridgehead atoms. The summed E-state index contributed by atoms with van der Waals surface area (Å²) in [4.78, 5) is 11.2. The number of rotatable bonds is 6. The van der Waals surface area contributed by atoms with E-state index in [0.717, 1.165) is 23.0 Å². The van der Waals surface area contributed by atoms with Gasteiger partial charge >= 0.3 is 0 Å². The number of ether oxygens (including phenoxy) is 1. The predicted octanol–water partition coefficient (Wildman–Crippen LogP) is 5.68. The normalized spacial score (nSPS) is 10.7. The minimum atomic E-state index is -2.50. The minimum absolute atomic E-state index is 0.0316. The van der Waals surface area contributed by atoms with E-state index in [1.165, 1.54) is 12.1 Å². The lowest BCUT2D eigenvalue weighted by molar-refractivity contribution is 0.112. The molecule has 0 spiro atoms. The second kappa shape index (κ2) is 7.71. The number of benzene rings is 3. The van der Waals surface area contributed by atoms with Gasteiger partial charge in [0.1, 0.15) is 18.6 Å². The van der Waals surface area contributed by atoms with E-state index in [1.807, 2.05) is 30.3 Å². The van der Waals surface area contributed by atoms with Gasteiger partial charge in [0.05, 0.1) is 0 Å². The van der Waals surface area contributed by atoms with Crippen LogP contribution in [-0.4, -0.2) is 6.29 Å². The van der Waals surface area contributed by atoms with Gasteiger partial charge in [-0.1, -0.05) is 54.6 Å². The number of halogens is 2. The molecule has 0 aliphatic rings. The zero-order valence-corrected chi connectivity index (χ0v) is 13.4. The third-order valence-corrected chi connectivity index (χ3v) is 3.81. The summed E-state index contributed by atoms with van der Waals surface area (Å²) in [6, 6.07) is 20.9. The second-order valence-corrected chi connectivity index (χ2v) is 5.61. The fourth-order valence-electron chi connectivity index (χ4n) is 2.50. The molecule has 0 radical (unpaired) electrons. The summed E-state index contributed by atoms with van der Waals surface area (Å²) < 4.78 is 31.1. The van der Waals surface area contributed by atoms with Crippen molar-refractivity contribution in [3.05, 3.63) is 89.5 Å². The van der Waals surface area contributed by atoms with Crippen LogP contribution in [0.15, 0.2) is 72.8 Å². The summed E-state index contributed by atoms with van der Waals surface area (Å²) in [5.74, 6) is 0.557. The van der Waals surface area contributed by atoms with Gasteiger partial charge in [0.2, 0.25) is 0 Å². The van der Waals surface area contributed by atoms with E-state index < -0.39 is 6.43 Å². The lowest BCUT2D eigenvalue weighted by Crippen LogP contribution is -1.96. The first-order valence-electron chi connectivity index (χ1n) is 7.81. The van der Waals surface area contributed by atoms with Crippen LogP contribution < -0.4 is 4.74 Å². The number of aldehydes is 1. The number of alkyl halides is 2. The van der Waals surface area contributed by atoms with Gasteiger partial charge in [-0.3, -0.25) is 4.79 Å². The maximum atomic E-state index is 12.7. The van der Waals surface area contributed by atoms with Crippen molar-refractivity contribution in [2.45, 2.75) is 13.0 Å². The fourth-order valence-corrected chi connectivity index (χ4v) is 2.50. The van der Waals surface area contributed by atoms with Crippen LogP contribution in [0.25, 0.3) is 11.1 Å². The average Bonchev–Trinajstić information content (AvgIpc) is 2.67. The van der Waals surface area contributed by atoms with Gasteiger partial charge in [-0.05, 0) is 34.9 Å². The highest BCUT2D eigenvalue weighted by Crippen LogP contribution is 2.28. The lowest BCUT2D eigenvalue weighted by Gasteiger charge is -2.10. The molecule has 0 saturated carbocycles. The zero-order valence-electron chi connectivity index (χ0n) is 13.4. The monoisotopic (exact) mass is 338 g/mol. The molecular formula is C21H16F2O2. The number of carbonyl (C=O) groups excluding carboxylic acids is 1. The molecule has 2 nitrogen and oxygen atoms in total. The fraction of sp³-hybridized carbons (Fsp3) is 0.0952. The quantitative estimate of drug-likeness (QED) is 0.540. The maximum absolute atomic E-state index is 12.7. The second-order valence-electron chi connectivity index (χ2n) is 5.61. The highest BCUT2D eigenvalue weighted by molar-refractivity contribution is 5.80. The first kappa shape index (κ1) is 16.8. The zero-order chi connectivity index (χ0) is 17.6. The van der Waals surface area contributed by atoms with E-state index >= 15 is 0 Å². The Morgan fingerprint density at radius 3 is 2.24 bits per heavy atom. The average molecular weight is 338 g/mol. The molecule has 0 amide bonds. The molecule has 0 aliphatic heterocycles. The van der Waals surface area contributed by atoms with Gasteiger partial charge in [-0.2, -0.15) is 0 Å². The molecule has 0 aromatic heterocycles. The van der Waals surface area contributed by atoms with E-state index in [4.69, 9.17) is 4.74 Å². The molecule has 0 fully saturated rings. The van der Waals surface area contributed by atoms with Crippen molar-refractivity contribution >= 4 is 6.29 Å². The standard InChI is InChI=1S/C21H16F2O2/c22-21(23)18-8-6-17(7-9-18)19-10-16(13-24)11-20(12-19)25-14-15-4-2-1-3-5-15/h1-13,21H,14H2. The maximum Gasteiger partial charge on any atom is 0.263 e. The molecule has 3 aromatic rings. The third kappa shape index (κ3) is 4.29. The summed E-state index contributed by atoms with van der Waals surface area (Å²) >= 11 is 0. The summed E-state index contributed by atoms with van der Waals surface area (Å²) in [6.45, 7) is 0.382. The van der Waals surface area contributed by atoms with Gasteiger partial charge in [-0.15, -0.1) is 0 Å². The molecule has 0 saturated heterocycles. The van der Waals surface area contributed by atoms with Crippen molar-refractivity contribution in [3.8, 4) is 16.9 Å². The Morgan fingerprint density at radius 2 is 1.60 bits per heavy atom. The van der Waals surface area contributed by atoms with Gasteiger partial charge in [0, 0.05) is 11.1 Å². The molecule has 126 valence electrons. The largest absolute Gasteiger partial charge is 0.489 e. The Hall–Kier alpha value is -3.01. The summed E-state index contributed by atoms with van der Waals surface area (Å²) in [7, 11) is 0. The molecule has 25 heavy (non-hydrogen) atoms. The summed E-state index contributed by atoms with van der Waals surface area (Å²) in [6.07, 6.45) is -1.76. The number of carbonyl (C=O) groups is 1. The van der Waals surface area contributed by atoms with Crippen molar-refractivity contribution in [1.82, 2.24) is 0 Å². The van der Waals surface area contributed by atoms with Crippen LogP contribution >= 0.6 is 0 Å². The molecular weight excluding hydrogens is 322 g/mol. The molecule has 3 aromatic carbocycles. The van der Waals surface area contributed by atoms with Gasteiger partial charge in [0.15, 0.2) is 0 Å². The topological polar surface area (TPSA) is 26.3 Å². The molecule has 0 N–H and O–H groups in total. The van der Waals surface area contributed by atoms with Crippen molar-refractivity contribution in [3.63, 3.8) is 0 Å². The van der Waals surface area contributed by atoms with Crippen molar-refractivity contribution in [2.24, 2.45) is 0 Å². The first-order valence-corrected chi connectivity index (χ1v) is 7.81. The predicted molar refractivity (Wildman–Crippen MR) is 93.0 cm³/mol. The van der Waals surface area contributed by atoms with E-state index in [0.29, 0.717) is 17.9 Å². The lowest BCUT2D eigenvalue weighted by atomic mass is 10.0. The molecule has 0 heterocycles. The van der Waals surface area contributed by atoms with Gasteiger partial charge in [0.25, 0.3) is 6.43 Å². The molecule has 0 unspecified atom stereocenters. The minimum Gasteiger partial charge on any atom is -0.489 e. The SMILES string of the molecule is O=Cc1cc(OCc2ccccc2)cc(-c2ccc(C(F)F)cc2)c1. The van der Waals surface area contributed by atoms with Gasteiger partial charge in [-0.25, -0.2) is 8.78 Å². The molecule has 0 aliphatic carbocycles. The van der Waals surface area contributed by atoms with Gasteiger partial charge < -0.3 is 4.74 Å². The Bertz CT molecular complexity index is 844. The smallest absolute Gasteiger partial charge is 0.263 e. The Morgan fingerprint density at radius 1 is 0.880 bits per heavy atom. The molecule has 0 atom stereocenters. The highest BCUT2D eigenvalue weighted by atomic mass is 19.3. The van der Waals surface area contributed by atoms with E-state index in [1.54, 1.807) is 30.3 Å². The summed E-state index contributed by atoms with van der Waals surface area (Å²) in [5, 5.41) is 0. The van der Waals surface area contributed by atoms with E-state index in [2.05, 4.69) is 0 Å². The number of hydrogen-bond donors (Lipinski definition) is 0. The van der Waals surface area contributed by atoms with Crippen LogP contribution in [0.3, 0.4) is 0 Å². The highest BCUT2D eigenvalue weighted by Gasteiger charge is 2.08. The van der Waals surface area contributed by atoms with Crippen LogP contribution in [-0.2, 0) is 6.61 Å². The van der Waals surface area contributed by atoms with Crippen LogP contribution in [0, 0.1) is 0 Å². The van der Waals surface area contributed by atoms with Crippen LogP contribution in [0.1, 0.15) is 27.9 Å². The molecule has 3 rings (SSSR count). The summed E-state index contributed by atoms with van der Waals surface area (Å²) in [5.41, 5.74) is 2.95. The van der Waals surface area contributed by atoms with Crippen molar-refractivity contribution in [1.29, 1.82) is 0 Å².